The molecule has 0 spiro atoms. The van der Waals surface area contributed by atoms with Crippen molar-refractivity contribution in [3.05, 3.63) is 65.5 Å². The molecule has 0 aromatic carbocycles. The van der Waals surface area contributed by atoms with Gasteiger partial charge in [0.15, 0.2) is 11.6 Å². The highest BCUT2D eigenvalue weighted by atomic mass is 32.2. The average molecular weight is 518 g/mol. The summed E-state index contributed by atoms with van der Waals surface area (Å²) in [6.07, 6.45) is 3.63. The van der Waals surface area contributed by atoms with Crippen molar-refractivity contribution in [2.75, 3.05) is 18.9 Å². The van der Waals surface area contributed by atoms with Gasteiger partial charge in [0.1, 0.15) is 28.7 Å². The highest BCUT2D eigenvalue weighted by molar-refractivity contribution is 7.93. The lowest BCUT2D eigenvalue weighted by molar-refractivity contribution is 0.278. The molecular weight excluding hydrogens is 489 g/mol. The summed E-state index contributed by atoms with van der Waals surface area (Å²) in [4.78, 5) is 12.2. The summed E-state index contributed by atoms with van der Waals surface area (Å²) in [5, 5.41) is 7.39. The van der Waals surface area contributed by atoms with Crippen LogP contribution in [0, 0.1) is 12.7 Å². The van der Waals surface area contributed by atoms with Gasteiger partial charge in [-0.25, -0.2) is 27.8 Å². The van der Waals surface area contributed by atoms with Crippen molar-refractivity contribution in [2.24, 2.45) is 0 Å². The normalized spacial score (nSPS) is 13.7. The fourth-order valence-corrected chi connectivity index (χ4v) is 4.28. The Kier molecular flexibility index (Phi) is 8.35. The van der Waals surface area contributed by atoms with E-state index in [0.717, 1.165) is 18.1 Å². The quantitative estimate of drug-likeness (QED) is 0.317. The maximum absolute atomic E-state index is 13.3. The number of nitrogens with one attached hydrogen (secondary N) is 1. The van der Waals surface area contributed by atoms with Gasteiger partial charge in [-0.2, -0.15) is 0 Å². The van der Waals surface area contributed by atoms with Crippen LogP contribution >= 0.6 is 0 Å². The van der Waals surface area contributed by atoms with Gasteiger partial charge in [-0.3, -0.25) is 9.29 Å². The average Bonchev–Trinajstić information content (AvgIpc) is 3.25. The third-order valence-corrected chi connectivity index (χ3v) is 6.96. The first-order chi connectivity index (χ1) is 17.1. The third kappa shape index (κ3) is 5.85. The topological polar surface area (TPSA) is 134 Å². The first kappa shape index (κ1) is 26.7. The molecule has 11 nitrogen and oxygen atoms in total. The smallest absolute Gasteiger partial charge is 0.243 e. The molecule has 0 radical (unpaired) electrons. The molecule has 3 aromatic rings. The summed E-state index contributed by atoms with van der Waals surface area (Å²) in [6, 6.07) is 5.38. The molecular formula is C23H28FN7O4S. The number of hydrogen-bond donors (Lipinski definition) is 1. The van der Waals surface area contributed by atoms with Crippen molar-refractivity contribution in [3.63, 3.8) is 0 Å². The summed E-state index contributed by atoms with van der Waals surface area (Å²) in [5.74, 6) is 0.579. The van der Waals surface area contributed by atoms with E-state index < -0.39 is 21.1 Å². The minimum absolute atomic E-state index is 0.0476. The second-order valence-electron chi connectivity index (χ2n) is 7.79. The summed E-state index contributed by atoms with van der Waals surface area (Å²) in [5.41, 5.74) is 1.59. The number of anilines is 1. The van der Waals surface area contributed by atoms with Gasteiger partial charge in [-0.15, -0.1) is 10.2 Å². The molecule has 3 rings (SSSR count). The summed E-state index contributed by atoms with van der Waals surface area (Å²) < 4.78 is 54.7. The first-order valence-electron chi connectivity index (χ1n) is 10.9. The highest BCUT2D eigenvalue weighted by Crippen LogP contribution is 2.31. The Balaban J connectivity index is 2.12. The Hall–Kier alpha value is -3.87. The van der Waals surface area contributed by atoms with E-state index in [1.54, 1.807) is 26.0 Å². The molecule has 3 aromatic heterocycles. The van der Waals surface area contributed by atoms with Gasteiger partial charge in [-0.05, 0) is 45.9 Å². The van der Waals surface area contributed by atoms with Crippen molar-refractivity contribution in [2.45, 2.75) is 39.4 Å². The van der Waals surface area contributed by atoms with Crippen molar-refractivity contribution < 1.29 is 22.3 Å². The largest absolute Gasteiger partial charge is 0.499 e. The van der Waals surface area contributed by atoms with E-state index >= 15 is 0 Å². The molecule has 192 valence electrons. The zero-order valence-corrected chi connectivity index (χ0v) is 21.7. The van der Waals surface area contributed by atoms with E-state index in [1.165, 1.54) is 25.7 Å². The van der Waals surface area contributed by atoms with Crippen LogP contribution in [0.4, 0.5) is 10.3 Å². The Morgan fingerprint density at radius 1 is 1.19 bits per heavy atom. The van der Waals surface area contributed by atoms with E-state index in [9.17, 15) is 12.8 Å². The molecule has 0 saturated carbocycles. The number of hydrogen-bond acceptors (Lipinski definition) is 9. The molecule has 13 heteroatoms. The first-order valence-corrected chi connectivity index (χ1v) is 12.5. The second-order valence-corrected chi connectivity index (χ2v) is 9.89. The minimum Gasteiger partial charge on any atom is -0.499 e. The lowest BCUT2D eigenvalue weighted by atomic mass is 10.2. The molecule has 0 aliphatic rings. The number of allylic oxidation sites excluding steroid dienone is 3. The van der Waals surface area contributed by atoms with Gasteiger partial charge in [0.2, 0.25) is 16.0 Å². The molecule has 0 bridgehead atoms. The van der Waals surface area contributed by atoms with Crippen molar-refractivity contribution in [1.82, 2.24) is 29.7 Å². The lowest BCUT2D eigenvalue weighted by Crippen LogP contribution is -2.29. The van der Waals surface area contributed by atoms with Crippen LogP contribution in [-0.4, -0.2) is 57.6 Å². The molecule has 0 unspecified atom stereocenters. The molecule has 0 fully saturated rings. The van der Waals surface area contributed by atoms with Crippen LogP contribution in [0.3, 0.4) is 0 Å². The van der Waals surface area contributed by atoms with Gasteiger partial charge in [0.05, 0.1) is 31.9 Å². The Morgan fingerprint density at radius 3 is 2.47 bits per heavy atom. The second kappa shape index (κ2) is 11.2. The molecule has 0 aliphatic carbocycles. The standard InChI is InChI=1S/C23H28FN7O4S/c1-7-19(35-6)21(16(4)34-5)31-22(18-10-8-9-14(2)27-18)28-29-23(31)30-36(32,33)15(3)11-20-25-12-17(24)13-26-20/h7-10,12-13,15H,11H2,1-6H3,(H,29,30)/b19-7+,21-16-/t15-/m1/s1. The maximum Gasteiger partial charge on any atom is 0.243 e. The number of halogens is 1. The van der Waals surface area contributed by atoms with Crippen molar-refractivity contribution in [3.8, 4) is 11.5 Å². The van der Waals surface area contributed by atoms with Crippen molar-refractivity contribution >= 4 is 21.7 Å². The molecule has 36 heavy (non-hydrogen) atoms. The number of rotatable bonds is 10. The van der Waals surface area contributed by atoms with Crippen LogP contribution in [0.5, 0.6) is 0 Å². The summed E-state index contributed by atoms with van der Waals surface area (Å²) in [6.45, 7) is 6.79. The Bertz CT molecular complexity index is 1390. The molecule has 1 N–H and O–H groups in total. The molecule has 0 amide bonds. The van der Waals surface area contributed by atoms with Gasteiger partial charge < -0.3 is 9.47 Å². The number of aryl methyl sites for hydroxylation is 1. The minimum atomic E-state index is -4.02. The molecule has 0 saturated heterocycles. The van der Waals surface area contributed by atoms with Crippen molar-refractivity contribution in [1.29, 1.82) is 0 Å². The predicted octanol–water partition coefficient (Wildman–Crippen LogP) is 3.34. The lowest BCUT2D eigenvalue weighted by Gasteiger charge is -2.20. The zero-order chi connectivity index (χ0) is 26.5. The van der Waals surface area contributed by atoms with E-state index in [-0.39, 0.29) is 24.0 Å². The zero-order valence-electron chi connectivity index (χ0n) is 20.9. The SMILES string of the molecule is C/C=C(OC)\C(=C(/C)OC)n1c(NS(=O)(=O)[C@H](C)Cc2ncc(F)cn2)nnc1-c1cccc(C)n1. The monoisotopic (exact) mass is 517 g/mol. The highest BCUT2D eigenvalue weighted by Gasteiger charge is 2.29. The van der Waals surface area contributed by atoms with Gasteiger partial charge >= 0.3 is 0 Å². The van der Waals surface area contributed by atoms with Crippen LogP contribution in [0.2, 0.25) is 0 Å². The number of pyridine rings is 1. The Morgan fingerprint density at radius 2 is 1.89 bits per heavy atom. The van der Waals surface area contributed by atoms with Gasteiger partial charge in [-0.1, -0.05) is 6.07 Å². The number of ether oxygens (including phenoxy) is 2. The Labute approximate surface area is 209 Å². The van der Waals surface area contributed by atoms with Crippen LogP contribution in [-0.2, 0) is 25.9 Å². The van der Waals surface area contributed by atoms with Crippen LogP contribution < -0.4 is 4.72 Å². The van der Waals surface area contributed by atoms with Crippen LogP contribution in [0.15, 0.2) is 48.2 Å². The molecule has 1 atom stereocenters. The van der Waals surface area contributed by atoms with E-state index in [0.29, 0.717) is 22.9 Å². The predicted molar refractivity (Wildman–Crippen MR) is 132 cm³/mol. The van der Waals surface area contributed by atoms with Gasteiger partial charge in [0, 0.05) is 12.1 Å². The van der Waals surface area contributed by atoms with E-state index in [4.69, 9.17) is 9.47 Å². The number of sulfonamides is 1. The fourth-order valence-electron chi connectivity index (χ4n) is 3.32. The summed E-state index contributed by atoms with van der Waals surface area (Å²) >= 11 is 0. The molecule has 3 heterocycles. The molecule has 0 aliphatic heterocycles. The maximum atomic E-state index is 13.3. The van der Waals surface area contributed by atoms with Gasteiger partial charge in [0.25, 0.3) is 0 Å². The number of nitrogens with zero attached hydrogens (tertiary/aromatic N) is 6. The number of aromatic nitrogens is 6. The third-order valence-electron chi connectivity index (χ3n) is 5.27. The van der Waals surface area contributed by atoms with Crippen LogP contribution in [0.25, 0.3) is 17.2 Å². The van der Waals surface area contributed by atoms with Crippen LogP contribution in [0.1, 0.15) is 32.3 Å². The summed E-state index contributed by atoms with van der Waals surface area (Å²) in [7, 11) is -1.04. The van der Waals surface area contributed by atoms with E-state index in [1.807, 2.05) is 19.1 Å². The van der Waals surface area contributed by atoms with E-state index in [2.05, 4.69) is 29.9 Å². The fraction of sp³-hybridized carbons (Fsp3) is 0.348. The number of methoxy groups -OCH3 is 2.